The Kier molecular flexibility index (Phi) is 2.52. The van der Waals surface area contributed by atoms with Gasteiger partial charge in [-0.15, -0.1) is 0 Å². The Hall–Kier alpha value is -0.930. The molecule has 1 aromatic rings. The molecule has 1 aromatic carbocycles. The minimum atomic E-state index is -0.358. The van der Waals surface area contributed by atoms with Gasteiger partial charge in [0, 0.05) is 10.0 Å². The molecule has 0 bridgehead atoms. The average Bonchev–Trinajstić information content (AvgIpc) is 2.96. The number of nitrogens with two attached hydrogens (primary N) is 1. The van der Waals surface area contributed by atoms with Gasteiger partial charge in [-0.1, -0.05) is 28.4 Å². The average molecular weight is 245 g/mol. The van der Waals surface area contributed by atoms with Crippen molar-refractivity contribution in [3.05, 3.63) is 33.8 Å². The predicted molar refractivity (Wildman–Crippen MR) is 60.8 cm³/mol. The second-order valence-electron chi connectivity index (χ2n) is 3.73. The summed E-state index contributed by atoms with van der Waals surface area (Å²) in [4.78, 5) is 0. The number of nitrogens with zero attached hydrogens (tertiary/aromatic N) is 1. The molecule has 3 N–H and O–H groups in total. The van der Waals surface area contributed by atoms with Crippen LogP contribution in [0.2, 0.25) is 10.0 Å². The Morgan fingerprint density at radius 3 is 2.20 bits per heavy atom. The smallest absolute Gasteiger partial charge is 0.149 e. The molecule has 0 heterocycles. The minimum absolute atomic E-state index is 0.223. The van der Waals surface area contributed by atoms with E-state index in [9.17, 15) is 0 Å². The highest BCUT2D eigenvalue weighted by Gasteiger charge is 2.49. The molecule has 0 saturated heterocycles. The van der Waals surface area contributed by atoms with Gasteiger partial charge in [0.15, 0.2) is 0 Å². The van der Waals surface area contributed by atoms with Crippen LogP contribution in [0.25, 0.3) is 0 Å². The highest BCUT2D eigenvalue weighted by molar-refractivity contribution is 6.34. The first kappa shape index (κ1) is 10.6. The highest BCUT2D eigenvalue weighted by Crippen LogP contribution is 2.49. The lowest BCUT2D eigenvalue weighted by molar-refractivity contribution is 0.315. The molecule has 5 heteroatoms. The third-order valence-corrected chi connectivity index (χ3v) is 3.20. The Morgan fingerprint density at radius 1 is 1.27 bits per heavy atom. The Labute approximate surface area is 97.5 Å². The number of halogens is 2. The number of oxime groups is 1. The van der Waals surface area contributed by atoms with E-state index < -0.39 is 0 Å². The van der Waals surface area contributed by atoms with Crippen LogP contribution < -0.4 is 5.73 Å². The van der Waals surface area contributed by atoms with E-state index in [1.54, 1.807) is 18.2 Å². The van der Waals surface area contributed by atoms with Crippen LogP contribution in [0.3, 0.4) is 0 Å². The van der Waals surface area contributed by atoms with Gasteiger partial charge in [0.1, 0.15) is 5.84 Å². The van der Waals surface area contributed by atoms with E-state index in [4.69, 9.17) is 34.1 Å². The van der Waals surface area contributed by atoms with E-state index in [0.717, 1.165) is 18.4 Å². The molecule has 1 aliphatic rings. The molecule has 15 heavy (non-hydrogen) atoms. The Bertz CT molecular complexity index is 407. The third-order valence-electron chi connectivity index (χ3n) is 2.76. The number of rotatable bonds is 2. The summed E-state index contributed by atoms with van der Waals surface area (Å²) in [5, 5.41) is 12.9. The standard InChI is InChI=1S/C10H10Cl2N2O/c11-7-3-6(4-8(12)5-7)10(1-2-10)9(13)14-15/h3-5,15H,1-2H2,(H2,13,14). The molecule has 0 unspecified atom stereocenters. The summed E-state index contributed by atoms with van der Waals surface area (Å²) in [6.45, 7) is 0. The molecule has 0 aliphatic heterocycles. The first-order valence-electron chi connectivity index (χ1n) is 4.53. The van der Waals surface area contributed by atoms with Gasteiger partial charge in [0.05, 0.1) is 5.41 Å². The highest BCUT2D eigenvalue weighted by atomic mass is 35.5. The molecule has 0 radical (unpaired) electrons. The number of benzene rings is 1. The zero-order chi connectivity index (χ0) is 11.1. The van der Waals surface area contributed by atoms with Crippen molar-refractivity contribution in [3.63, 3.8) is 0 Å². The van der Waals surface area contributed by atoms with Crippen molar-refractivity contribution in [3.8, 4) is 0 Å². The van der Waals surface area contributed by atoms with Crippen molar-refractivity contribution in [2.45, 2.75) is 18.3 Å². The van der Waals surface area contributed by atoms with E-state index in [1.165, 1.54) is 0 Å². The maximum atomic E-state index is 8.71. The van der Waals surface area contributed by atoms with Crippen molar-refractivity contribution in [1.82, 2.24) is 0 Å². The quantitative estimate of drug-likeness (QED) is 0.364. The monoisotopic (exact) mass is 244 g/mol. The molecule has 80 valence electrons. The SMILES string of the molecule is N/C(=N\O)C1(c2cc(Cl)cc(Cl)c2)CC1. The maximum Gasteiger partial charge on any atom is 0.149 e. The van der Waals surface area contributed by atoms with E-state index in [0.29, 0.717) is 10.0 Å². The van der Waals surface area contributed by atoms with E-state index >= 15 is 0 Å². The van der Waals surface area contributed by atoms with Crippen LogP contribution >= 0.6 is 23.2 Å². The van der Waals surface area contributed by atoms with E-state index in [1.807, 2.05) is 0 Å². The molecule has 0 spiro atoms. The topological polar surface area (TPSA) is 58.6 Å². The van der Waals surface area contributed by atoms with Crippen LogP contribution in [0.4, 0.5) is 0 Å². The van der Waals surface area contributed by atoms with Gasteiger partial charge < -0.3 is 10.9 Å². The fourth-order valence-corrected chi connectivity index (χ4v) is 2.27. The molecule has 0 amide bonds. The van der Waals surface area contributed by atoms with Gasteiger partial charge in [-0.3, -0.25) is 0 Å². The molecule has 2 rings (SSSR count). The van der Waals surface area contributed by atoms with Gasteiger partial charge >= 0.3 is 0 Å². The van der Waals surface area contributed by atoms with Gasteiger partial charge in [-0.25, -0.2) is 0 Å². The summed E-state index contributed by atoms with van der Waals surface area (Å²) < 4.78 is 0. The van der Waals surface area contributed by atoms with Crippen molar-refractivity contribution in [2.75, 3.05) is 0 Å². The van der Waals surface area contributed by atoms with E-state index in [2.05, 4.69) is 5.16 Å². The van der Waals surface area contributed by atoms with Crippen LogP contribution in [-0.4, -0.2) is 11.0 Å². The van der Waals surface area contributed by atoms with Gasteiger partial charge in [-0.05, 0) is 36.6 Å². The lowest BCUT2D eigenvalue weighted by Gasteiger charge is -2.14. The molecule has 0 aromatic heterocycles. The van der Waals surface area contributed by atoms with Crippen molar-refractivity contribution < 1.29 is 5.21 Å². The van der Waals surface area contributed by atoms with Crippen molar-refractivity contribution in [1.29, 1.82) is 0 Å². The largest absolute Gasteiger partial charge is 0.409 e. The van der Waals surface area contributed by atoms with Crippen LogP contribution in [0.1, 0.15) is 18.4 Å². The Morgan fingerprint density at radius 2 is 1.80 bits per heavy atom. The lowest BCUT2D eigenvalue weighted by atomic mass is 9.95. The van der Waals surface area contributed by atoms with Crippen LogP contribution in [0, 0.1) is 0 Å². The summed E-state index contributed by atoms with van der Waals surface area (Å²) in [7, 11) is 0. The fourth-order valence-electron chi connectivity index (χ4n) is 1.74. The summed E-state index contributed by atoms with van der Waals surface area (Å²) in [6, 6.07) is 5.27. The molecular weight excluding hydrogens is 235 g/mol. The number of amidine groups is 1. The first-order valence-corrected chi connectivity index (χ1v) is 5.29. The molecular formula is C10H10Cl2N2O. The number of hydrogen-bond acceptors (Lipinski definition) is 2. The van der Waals surface area contributed by atoms with Gasteiger partial charge in [-0.2, -0.15) is 0 Å². The second-order valence-corrected chi connectivity index (χ2v) is 4.60. The molecule has 1 aliphatic carbocycles. The minimum Gasteiger partial charge on any atom is -0.409 e. The van der Waals surface area contributed by atoms with Crippen LogP contribution in [0.5, 0.6) is 0 Å². The zero-order valence-corrected chi connectivity index (χ0v) is 9.39. The molecule has 0 atom stereocenters. The van der Waals surface area contributed by atoms with Gasteiger partial charge in [0.2, 0.25) is 0 Å². The third kappa shape index (κ3) is 1.77. The van der Waals surface area contributed by atoms with Gasteiger partial charge in [0.25, 0.3) is 0 Å². The normalized spacial score (nSPS) is 18.9. The summed E-state index contributed by atoms with van der Waals surface area (Å²) in [5.41, 5.74) is 6.21. The first-order chi connectivity index (χ1) is 7.08. The van der Waals surface area contributed by atoms with Crippen LogP contribution in [0.15, 0.2) is 23.4 Å². The fraction of sp³-hybridized carbons (Fsp3) is 0.300. The van der Waals surface area contributed by atoms with E-state index in [-0.39, 0.29) is 11.3 Å². The number of hydrogen-bond donors (Lipinski definition) is 2. The van der Waals surface area contributed by atoms with Crippen molar-refractivity contribution in [2.24, 2.45) is 10.9 Å². The second kappa shape index (κ2) is 3.58. The predicted octanol–water partition coefficient (Wildman–Crippen LogP) is 2.77. The molecule has 3 nitrogen and oxygen atoms in total. The lowest BCUT2D eigenvalue weighted by Crippen LogP contribution is -2.28. The maximum absolute atomic E-state index is 8.71. The molecule has 1 fully saturated rings. The van der Waals surface area contributed by atoms with Crippen molar-refractivity contribution >= 4 is 29.0 Å². The van der Waals surface area contributed by atoms with Crippen LogP contribution in [-0.2, 0) is 5.41 Å². The summed E-state index contributed by atoms with van der Waals surface area (Å²) >= 11 is 11.8. The summed E-state index contributed by atoms with van der Waals surface area (Å²) in [6.07, 6.45) is 1.72. The molecule has 1 saturated carbocycles. The zero-order valence-electron chi connectivity index (χ0n) is 7.87. The Balaban J connectivity index is 2.46. The summed E-state index contributed by atoms with van der Waals surface area (Å²) in [5.74, 6) is 0.223.